The van der Waals surface area contributed by atoms with E-state index in [1.54, 1.807) is 24.4 Å². The van der Waals surface area contributed by atoms with Gasteiger partial charge in [-0.3, -0.25) is 9.59 Å². The van der Waals surface area contributed by atoms with Gasteiger partial charge in [-0.25, -0.2) is 5.43 Å². The fourth-order valence-electron chi connectivity index (χ4n) is 1.96. The summed E-state index contributed by atoms with van der Waals surface area (Å²) in [6.07, 6.45) is 1.66. The quantitative estimate of drug-likeness (QED) is 0.606. The van der Waals surface area contributed by atoms with Crippen molar-refractivity contribution in [1.29, 1.82) is 0 Å². The average molecular weight is 325 g/mol. The van der Waals surface area contributed by atoms with Crippen LogP contribution in [0.5, 0.6) is 5.75 Å². The van der Waals surface area contributed by atoms with Crippen LogP contribution in [0.4, 0.5) is 5.69 Å². The van der Waals surface area contributed by atoms with Gasteiger partial charge in [0.15, 0.2) is 0 Å². The minimum absolute atomic E-state index is 0.0487. The number of hydrogen-bond donors (Lipinski definition) is 2. The number of methoxy groups -OCH3 is 1. The highest BCUT2D eigenvalue weighted by molar-refractivity contribution is 5.94. The maximum atomic E-state index is 11.9. The number of amides is 2. The zero-order valence-corrected chi connectivity index (χ0v) is 13.4. The van der Waals surface area contributed by atoms with Gasteiger partial charge in [0.05, 0.1) is 19.0 Å². The van der Waals surface area contributed by atoms with Gasteiger partial charge >= 0.3 is 0 Å². The molecule has 2 rings (SSSR count). The van der Waals surface area contributed by atoms with Crippen molar-refractivity contribution >= 4 is 23.7 Å². The molecule has 6 nitrogen and oxygen atoms in total. The van der Waals surface area contributed by atoms with Crippen molar-refractivity contribution in [2.45, 2.75) is 12.8 Å². The zero-order chi connectivity index (χ0) is 17.2. The van der Waals surface area contributed by atoms with Gasteiger partial charge in [-0.2, -0.15) is 5.10 Å². The lowest BCUT2D eigenvalue weighted by molar-refractivity contribution is -0.124. The van der Waals surface area contributed by atoms with Crippen molar-refractivity contribution in [3.8, 4) is 5.75 Å². The molecule has 6 heteroatoms. The standard InChI is InChI=1S/C18H19N3O3/c1-24-16-10-6-5-9-15(16)20-17(22)11-12-18(23)21-19-13-14-7-3-2-4-8-14/h2-10,13H,11-12H2,1H3,(H,20,22)(H,21,23)/b19-13-. The lowest BCUT2D eigenvalue weighted by Gasteiger charge is -2.09. The predicted molar refractivity (Wildman–Crippen MR) is 93.0 cm³/mol. The van der Waals surface area contributed by atoms with Crippen molar-refractivity contribution in [3.05, 3.63) is 60.2 Å². The van der Waals surface area contributed by atoms with Gasteiger partial charge in [0, 0.05) is 12.8 Å². The molecule has 0 atom stereocenters. The molecular weight excluding hydrogens is 306 g/mol. The molecule has 0 saturated carbocycles. The smallest absolute Gasteiger partial charge is 0.240 e. The Balaban J connectivity index is 1.75. The first-order valence-corrected chi connectivity index (χ1v) is 7.49. The summed E-state index contributed by atoms with van der Waals surface area (Å²) in [5.74, 6) is -0.0122. The number of anilines is 1. The Morgan fingerprint density at radius 1 is 1.00 bits per heavy atom. The van der Waals surface area contributed by atoms with Crippen LogP contribution in [0.25, 0.3) is 0 Å². The molecule has 0 spiro atoms. The summed E-state index contributed by atoms with van der Waals surface area (Å²) in [4.78, 5) is 23.6. The third-order valence-electron chi connectivity index (χ3n) is 3.16. The Hall–Kier alpha value is -3.15. The number of hydrogen-bond acceptors (Lipinski definition) is 4. The van der Waals surface area contributed by atoms with Gasteiger partial charge in [-0.15, -0.1) is 0 Å². The molecule has 0 saturated heterocycles. The molecule has 2 aromatic rings. The van der Waals surface area contributed by atoms with Crippen molar-refractivity contribution < 1.29 is 14.3 Å². The number of rotatable bonds is 7. The molecule has 0 heterocycles. The summed E-state index contributed by atoms with van der Waals surface area (Å²) < 4.78 is 5.15. The van der Waals surface area contributed by atoms with Crippen molar-refractivity contribution in [3.63, 3.8) is 0 Å². The summed E-state index contributed by atoms with van der Waals surface area (Å²) in [7, 11) is 1.53. The van der Waals surface area contributed by atoms with Crippen molar-refractivity contribution in [1.82, 2.24) is 5.43 Å². The summed E-state index contributed by atoms with van der Waals surface area (Å²) in [6.45, 7) is 0. The van der Waals surface area contributed by atoms with Gasteiger partial charge in [0.1, 0.15) is 5.75 Å². The molecule has 0 aromatic heterocycles. The molecule has 0 radical (unpaired) electrons. The van der Waals surface area contributed by atoms with Crippen LogP contribution in [-0.2, 0) is 9.59 Å². The second-order valence-corrected chi connectivity index (χ2v) is 4.95. The van der Waals surface area contributed by atoms with E-state index in [9.17, 15) is 9.59 Å². The van der Waals surface area contributed by atoms with Crippen LogP contribution in [0.15, 0.2) is 59.7 Å². The van der Waals surface area contributed by atoms with Crippen LogP contribution in [0.1, 0.15) is 18.4 Å². The topological polar surface area (TPSA) is 79.8 Å². The molecule has 0 aliphatic carbocycles. The van der Waals surface area contributed by atoms with Gasteiger partial charge in [0.25, 0.3) is 0 Å². The highest BCUT2D eigenvalue weighted by Gasteiger charge is 2.09. The second kappa shape index (κ2) is 9.09. The third kappa shape index (κ3) is 5.57. The van der Waals surface area contributed by atoms with Crippen LogP contribution in [0, 0.1) is 0 Å². The lowest BCUT2D eigenvalue weighted by atomic mass is 10.2. The zero-order valence-electron chi connectivity index (χ0n) is 13.4. The van der Waals surface area contributed by atoms with E-state index in [2.05, 4.69) is 15.8 Å². The monoisotopic (exact) mass is 325 g/mol. The van der Waals surface area contributed by atoms with Crippen molar-refractivity contribution in [2.24, 2.45) is 5.10 Å². The van der Waals surface area contributed by atoms with Crippen LogP contribution >= 0.6 is 0 Å². The Morgan fingerprint density at radius 2 is 1.67 bits per heavy atom. The maximum Gasteiger partial charge on any atom is 0.240 e. The molecule has 0 aliphatic heterocycles. The number of hydrazone groups is 1. The van der Waals surface area contributed by atoms with Gasteiger partial charge in [0.2, 0.25) is 11.8 Å². The van der Waals surface area contributed by atoms with Gasteiger partial charge < -0.3 is 10.1 Å². The largest absolute Gasteiger partial charge is 0.495 e. The number of nitrogens with zero attached hydrogens (tertiary/aromatic N) is 1. The van der Waals surface area contributed by atoms with E-state index in [4.69, 9.17) is 4.74 Å². The van der Waals surface area contributed by atoms with Crippen LogP contribution in [0.2, 0.25) is 0 Å². The number of ether oxygens (including phenoxy) is 1. The molecule has 0 unspecified atom stereocenters. The Morgan fingerprint density at radius 3 is 2.42 bits per heavy atom. The summed E-state index contributed by atoms with van der Waals surface area (Å²) >= 11 is 0. The number of benzene rings is 2. The van der Waals surface area contributed by atoms with Crippen LogP contribution < -0.4 is 15.5 Å². The summed E-state index contributed by atoms with van der Waals surface area (Å²) in [5, 5.41) is 6.57. The Kier molecular flexibility index (Phi) is 6.52. The van der Waals surface area contributed by atoms with E-state index in [-0.39, 0.29) is 24.7 Å². The summed E-state index contributed by atoms with van der Waals surface area (Å²) in [5.41, 5.74) is 3.86. The SMILES string of the molecule is COc1ccccc1NC(=O)CCC(=O)N/N=C\c1ccccc1. The first-order valence-electron chi connectivity index (χ1n) is 7.49. The second-order valence-electron chi connectivity index (χ2n) is 4.95. The first-order chi connectivity index (χ1) is 11.7. The van der Waals surface area contributed by atoms with E-state index >= 15 is 0 Å². The van der Waals surface area contributed by atoms with E-state index in [1.807, 2.05) is 36.4 Å². The molecule has 2 N–H and O–H groups in total. The Bertz CT molecular complexity index is 714. The number of carbonyl (C=O) groups excluding carboxylic acids is 2. The van der Waals surface area contributed by atoms with E-state index in [1.165, 1.54) is 7.11 Å². The fraction of sp³-hybridized carbons (Fsp3) is 0.167. The molecule has 0 bridgehead atoms. The number of carbonyl (C=O) groups is 2. The van der Waals surface area contributed by atoms with E-state index in [0.29, 0.717) is 11.4 Å². The van der Waals surface area contributed by atoms with Crippen LogP contribution in [0.3, 0.4) is 0 Å². The number of nitrogens with one attached hydrogen (secondary N) is 2. The molecule has 124 valence electrons. The molecule has 0 fully saturated rings. The molecular formula is C18H19N3O3. The summed E-state index contributed by atoms with van der Waals surface area (Å²) in [6, 6.07) is 16.5. The predicted octanol–water partition coefficient (Wildman–Crippen LogP) is 2.56. The molecule has 0 aliphatic rings. The molecule has 2 amide bonds. The molecule has 24 heavy (non-hydrogen) atoms. The van der Waals surface area contributed by atoms with Crippen molar-refractivity contribution in [2.75, 3.05) is 12.4 Å². The lowest BCUT2D eigenvalue weighted by Crippen LogP contribution is -2.20. The fourth-order valence-corrected chi connectivity index (χ4v) is 1.96. The first kappa shape index (κ1) is 17.2. The normalized spacial score (nSPS) is 10.4. The highest BCUT2D eigenvalue weighted by atomic mass is 16.5. The third-order valence-corrected chi connectivity index (χ3v) is 3.16. The van der Waals surface area contributed by atoms with Gasteiger partial charge in [-0.05, 0) is 17.7 Å². The number of para-hydroxylation sites is 2. The minimum atomic E-state index is -0.322. The average Bonchev–Trinajstić information content (AvgIpc) is 2.61. The van der Waals surface area contributed by atoms with E-state index < -0.39 is 0 Å². The Labute approximate surface area is 140 Å². The highest BCUT2D eigenvalue weighted by Crippen LogP contribution is 2.23. The maximum absolute atomic E-state index is 11.9. The van der Waals surface area contributed by atoms with E-state index in [0.717, 1.165) is 5.56 Å². The minimum Gasteiger partial charge on any atom is -0.495 e. The van der Waals surface area contributed by atoms with Crippen LogP contribution in [-0.4, -0.2) is 25.1 Å². The molecule has 2 aromatic carbocycles. The van der Waals surface area contributed by atoms with Gasteiger partial charge in [-0.1, -0.05) is 42.5 Å².